The highest BCUT2D eigenvalue weighted by Gasteiger charge is 2.32. The van der Waals surface area contributed by atoms with E-state index in [1.54, 1.807) is 24.3 Å². The molecular weight excluding hydrogens is 554 g/mol. The summed E-state index contributed by atoms with van der Waals surface area (Å²) >= 11 is 3.36. The first kappa shape index (κ1) is 28.4. The summed E-state index contributed by atoms with van der Waals surface area (Å²) in [6.45, 7) is 2.17. The zero-order chi connectivity index (χ0) is 26.8. The van der Waals surface area contributed by atoms with Gasteiger partial charge in [0.15, 0.2) is 0 Å². The van der Waals surface area contributed by atoms with Crippen LogP contribution >= 0.6 is 15.9 Å². The van der Waals surface area contributed by atoms with Gasteiger partial charge in [0, 0.05) is 24.0 Å². The number of nitrogens with zero attached hydrogens (tertiary/aromatic N) is 2. The van der Waals surface area contributed by atoms with Gasteiger partial charge < -0.3 is 10.2 Å². The van der Waals surface area contributed by atoms with Crippen molar-refractivity contribution in [2.24, 2.45) is 0 Å². The van der Waals surface area contributed by atoms with Gasteiger partial charge in [0.2, 0.25) is 21.8 Å². The third kappa shape index (κ3) is 8.43. The molecule has 0 fully saturated rings. The molecule has 0 saturated carbocycles. The van der Waals surface area contributed by atoms with Gasteiger partial charge in [-0.25, -0.2) is 8.42 Å². The third-order valence-electron chi connectivity index (χ3n) is 5.81. The van der Waals surface area contributed by atoms with Crippen LogP contribution in [0.4, 0.5) is 5.69 Å². The second-order valence-electron chi connectivity index (χ2n) is 8.75. The normalized spacial score (nSPS) is 12.0. The van der Waals surface area contributed by atoms with Gasteiger partial charge in [-0.1, -0.05) is 83.5 Å². The molecule has 0 spiro atoms. The molecule has 2 amide bonds. The molecule has 37 heavy (non-hydrogen) atoms. The van der Waals surface area contributed by atoms with Crippen molar-refractivity contribution in [3.05, 3.63) is 101 Å². The molecule has 0 aromatic heterocycles. The SMILES string of the molecule is CCCNC(=O)[C@H](Cc1ccccc1)N(Cc1ccccc1)C(=O)CN(c1ccc(Br)cc1)S(C)(=O)=O. The van der Waals surface area contributed by atoms with Crippen molar-refractivity contribution in [2.45, 2.75) is 32.4 Å². The van der Waals surface area contributed by atoms with Gasteiger partial charge in [-0.2, -0.15) is 0 Å². The predicted octanol–water partition coefficient (Wildman–Crippen LogP) is 4.38. The number of sulfonamides is 1. The Balaban J connectivity index is 2.01. The second-order valence-corrected chi connectivity index (χ2v) is 11.6. The van der Waals surface area contributed by atoms with E-state index in [1.807, 2.05) is 67.6 Å². The molecule has 0 aliphatic heterocycles. The maximum atomic E-state index is 13.9. The molecule has 9 heteroatoms. The van der Waals surface area contributed by atoms with Crippen LogP contribution in [0.5, 0.6) is 0 Å². The largest absolute Gasteiger partial charge is 0.354 e. The Hall–Kier alpha value is -3.17. The van der Waals surface area contributed by atoms with Gasteiger partial charge in [0.05, 0.1) is 11.9 Å². The Morgan fingerprint density at radius 1 is 0.892 bits per heavy atom. The summed E-state index contributed by atoms with van der Waals surface area (Å²) in [5.74, 6) is -0.741. The predicted molar refractivity (Wildman–Crippen MR) is 151 cm³/mol. The van der Waals surface area contributed by atoms with Crippen LogP contribution < -0.4 is 9.62 Å². The number of carbonyl (C=O) groups excluding carboxylic acids is 2. The van der Waals surface area contributed by atoms with E-state index < -0.39 is 28.5 Å². The lowest BCUT2D eigenvalue weighted by Crippen LogP contribution is -2.53. The highest BCUT2D eigenvalue weighted by atomic mass is 79.9. The van der Waals surface area contributed by atoms with Gasteiger partial charge in [-0.15, -0.1) is 0 Å². The first-order valence-electron chi connectivity index (χ1n) is 12.1. The lowest BCUT2D eigenvalue weighted by Gasteiger charge is -2.33. The van der Waals surface area contributed by atoms with Gasteiger partial charge in [0.1, 0.15) is 12.6 Å². The number of halogens is 1. The van der Waals surface area contributed by atoms with Crippen LogP contribution in [-0.2, 0) is 32.6 Å². The molecule has 0 unspecified atom stereocenters. The van der Waals surface area contributed by atoms with Crippen LogP contribution in [0.15, 0.2) is 89.4 Å². The highest BCUT2D eigenvalue weighted by Crippen LogP contribution is 2.22. The molecule has 0 aliphatic rings. The Morgan fingerprint density at radius 3 is 2.00 bits per heavy atom. The molecule has 3 rings (SSSR count). The molecule has 0 aliphatic carbocycles. The van der Waals surface area contributed by atoms with E-state index in [1.165, 1.54) is 4.90 Å². The number of hydrogen-bond donors (Lipinski definition) is 1. The molecule has 3 aromatic carbocycles. The lowest BCUT2D eigenvalue weighted by molar-refractivity contribution is -0.140. The van der Waals surface area contributed by atoms with E-state index >= 15 is 0 Å². The van der Waals surface area contributed by atoms with E-state index in [-0.39, 0.29) is 12.5 Å². The minimum absolute atomic E-state index is 0.161. The topological polar surface area (TPSA) is 86.8 Å². The van der Waals surface area contributed by atoms with E-state index in [0.29, 0.717) is 18.7 Å². The minimum atomic E-state index is -3.78. The molecule has 196 valence electrons. The number of rotatable bonds is 12. The van der Waals surface area contributed by atoms with E-state index in [4.69, 9.17) is 0 Å². The molecule has 3 aromatic rings. The van der Waals surface area contributed by atoms with Crippen molar-refractivity contribution < 1.29 is 18.0 Å². The highest BCUT2D eigenvalue weighted by molar-refractivity contribution is 9.10. The van der Waals surface area contributed by atoms with Crippen LogP contribution in [0.25, 0.3) is 0 Å². The number of anilines is 1. The van der Waals surface area contributed by atoms with Crippen LogP contribution in [0.2, 0.25) is 0 Å². The average molecular weight is 587 g/mol. The first-order chi connectivity index (χ1) is 17.7. The molecule has 7 nitrogen and oxygen atoms in total. The summed E-state index contributed by atoms with van der Waals surface area (Å²) in [4.78, 5) is 28.8. The minimum Gasteiger partial charge on any atom is -0.354 e. The summed E-state index contributed by atoms with van der Waals surface area (Å²) in [5, 5.41) is 2.93. The molecule has 0 saturated heterocycles. The molecule has 0 bridgehead atoms. The van der Waals surface area contributed by atoms with Gasteiger partial charge in [0.25, 0.3) is 0 Å². The Kier molecular flexibility index (Phi) is 10.3. The summed E-state index contributed by atoms with van der Waals surface area (Å²) < 4.78 is 27.3. The first-order valence-corrected chi connectivity index (χ1v) is 14.7. The lowest BCUT2D eigenvalue weighted by atomic mass is 10.0. The van der Waals surface area contributed by atoms with Crippen LogP contribution in [-0.4, -0.2) is 50.5 Å². The van der Waals surface area contributed by atoms with Crippen LogP contribution in [0.3, 0.4) is 0 Å². The fourth-order valence-corrected chi connectivity index (χ4v) is 5.04. The number of hydrogen-bond acceptors (Lipinski definition) is 4. The molecule has 1 N–H and O–H groups in total. The van der Waals surface area contributed by atoms with E-state index in [2.05, 4.69) is 21.2 Å². The molecule has 1 atom stereocenters. The summed E-state index contributed by atoms with van der Waals surface area (Å²) in [7, 11) is -3.78. The number of amides is 2. The van der Waals surface area contributed by atoms with E-state index in [9.17, 15) is 18.0 Å². The summed E-state index contributed by atoms with van der Waals surface area (Å²) in [6.07, 6.45) is 2.12. The summed E-state index contributed by atoms with van der Waals surface area (Å²) in [6, 6.07) is 24.7. The van der Waals surface area contributed by atoms with Crippen molar-refractivity contribution in [1.29, 1.82) is 0 Å². The standard InChI is InChI=1S/C28H32BrN3O4S/c1-3-18-30-28(34)26(19-22-10-6-4-7-11-22)31(20-23-12-8-5-9-13-23)27(33)21-32(37(2,35)36)25-16-14-24(29)15-17-25/h4-17,26H,3,18-21H2,1-2H3,(H,30,34)/t26-/m0/s1. The molecule has 0 heterocycles. The summed E-state index contributed by atoms with van der Waals surface area (Å²) in [5.41, 5.74) is 2.11. The van der Waals surface area contributed by atoms with Gasteiger partial charge >= 0.3 is 0 Å². The van der Waals surface area contributed by atoms with Crippen molar-refractivity contribution in [1.82, 2.24) is 10.2 Å². The van der Waals surface area contributed by atoms with Gasteiger partial charge in [-0.3, -0.25) is 13.9 Å². The monoisotopic (exact) mass is 585 g/mol. The van der Waals surface area contributed by atoms with Gasteiger partial charge in [-0.05, 0) is 41.8 Å². The average Bonchev–Trinajstić information content (AvgIpc) is 2.89. The van der Waals surface area contributed by atoms with Crippen molar-refractivity contribution >= 4 is 43.5 Å². The second kappa shape index (κ2) is 13.4. The quantitative estimate of drug-likeness (QED) is 0.342. The van der Waals surface area contributed by atoms with Crippen LogP contribution in [0.1, 0.15) is 24.5 Å². The smallest absolute Gasteiger partial charge is 0.244 e. The zero-order valence-electron chi connectivity index (χ0n) is 21.0. The van der Waals surface area contributed by atoms with Crippen molar-refractivity contribution in [2.75, 3.05) is 23.7 Å². The number of carbonyl (C=O) groups is 2. The molecule has 0 radical (unpaired) electrons. The third-order valence-corrected chi connectivity index (χ3v) is 7.48. The number of benzene rings is 3. The maximum absolute atomic E-state index is 13.9. The van der Waals surface area contributed by atoms with Crippen LogP contribution in [0, 0.1) is 0 Å². The van der Waals surface area contributed by atoms with Crippen molar-refractivity contribution in [3.63, 3.8) is 0 Å². The maximum Gasteiger partial charge on any atom is 0.244 e. The van der Waals surface area contributed by atoms with Crippen molar-refractivity contribution in [3.8, 4) is 0 Å². The Bertz CT molecular complexity index is 1270. The fourth-order valence-electron chi connectivity index (χ4n) is 3.92. The zero-order valence-corrected chi connectivity index (χ0v) is 23.4. The Morgan fingerprint density at radius 2 is 1.46 bits per heavy atom. The molecular formula is C28H32BrN3O4S. The van der Waals surface area contributed by atoms with E-state index in [0.717, 1.165) is 32.6 Å². The Labute approximate surface area is 227 Å². The fraction of sp³-hybridized carbons (Fsp3) is 0.286. The number of nitrogens with one attached hydrogen (secondary N) is 1.